The van der Waals surface area contributed by atoms with Crippen LogP contribution in [-0.4, -0.2) is 61.0 Å². The van der Waals surface area contributed by atoms with E-state index in [0.717, 1.165) is 44.6 Å². The number of morpholine rings is 1. The fraction of sp³-hybridized carbons (Fsp3) is 0.393. The summed E-state index contributed by atoms with van der Waals surface area (Å²) in [5.74, 6) is -0.350. The molecule has 1 aliphatic carbocycles. The van der Waals surface area contributed by atoms with Gasteiger partial charge in [-0.15, -0.1) is 0 Å². The van der Waals surface area contributed by atoms with Gasteiger partial charge in [-0.1, -0.05) is 12.1 Å². The van der Waals surface area contributed by atoms with Gasteiger partial charge < -0.3 is 19.1 Å². The first kappa shape index (κ1) is 25.4. The number of allylic oxidation sites excluding steroid dienone is 2. The lowest BCUT2D eigenvalue weighted by molar-refractivity contribution is 0.0548. The summed E-state index contributed by atoms with van der Waals surface area (Å²) in [6.07, 6.45) is 7.30. The Morgan fingerprint density at radius 2 is 1.81 bits per heavy atom. The summed E-state index contributed by atoms with van der Waals surface area (Å²) < 4.78 is 6.96. The SMILES string of the molecule is CCN(CC)c1ccc(/C=C2/CCC(/C=N/NC(=O)c3ccc(=O)n(C)c3)=C2N2CCOCC2)cc1. The Bertz CT molecular complexity index is 1220. The van der Waals surface area contributed by atoms with Crippen LogP contribution < -0.4 is 15.9 Å². The van der Waals surface area contributed by atoms with Crippen LogP contribution in [0.15, 0.2) is 69.3 Å². The summed E-state index contributed by atoms with van der Waals surface area (Å²) in [6, 6.07) is 11.6. The van der Waals surface area contributed by atoms with Crippen LogP contribution in [0.3, 0.4) is 0 Å². The van der Waals surface area contributed by atoms with Gasteiger partial charge in [0.25, 0.3) is 5.91 Å². The van der Waals surface area contributed by atoms with E-state index in [1.54, 1.807) is 13.3 Å². The Labute approximate surface area is 212 Å². The Morgan fingerprint density at radius 3 is 2.47 bits per heavy atom. The first-order chi connectivity index (χ1) is 17.5. The molecule has 1 N–H and O–H groups in total. The molecular weight excluding hydrogens is 454 g/mol. The molecule has 1 amide bonds. The van der Waals surface area contributed by atoms with Gasteiger partial charge in [0.1, 0.15) is 0 Å². The van der Waals surface area contributed by atoms with Crippen LogP contribution >= 0.6 is 0 Å². The molecular formula is C28H35N5O3. The van der Waals surface area contributed by atoms with E-state index in [9.17, 15) is 9.59 Å². The lowest BCUT2D eigenvalue weighted by Crippen LogP contribution is -2.36. The number of nitrogens with one attached hydrogen (secondary N) is 1. The van der Waals surface area contributed by atoms with Gasteiger partial charge in [0.15, 0.2) is 0 Å². The van der Waals surface area contributed by atoms with Crippen molar-refractivity contribution in [3.05, 3.63) is 80.9 Å². The van der Waals surface area contributed by atoms with Crippen molar-refractivity contribution in [3.63, 3.8) is 0 Å². The number of rotatable bonds is 8. The third-order valence-electron chi connectivity index (χ3n) is 6.70. The predicted octanol–water partition coefficient (Wildman–Crippen LogP) is 3.41. The van der Waals surface area contributed by atoms with Gasteiger partial charge in [-0.2, -0.15) is 5.10 Å². The van der Waals surface area contributed by atoms with Crippen LogP contribution in [0.25, 0.3) is 6.08 Å². The van der Waals surface area contributed by atoms with Crippen LogP contribution in [0.1, 0.15) is 42.6 Å². The number of carbonyl (C=O) groups is 1. The minimum absolute atomic E-state index is 0.164. The highest BCUT2D eigenvalue weighted by Crippen LogP contribution is 2.35. The van der Waals surface area contributed by atoms with Gasteiger partial charge in [-0.05, 0) is 67.7 Å². The molecule has 0 bridgehead atoms. The second kappa shape index (κ2) is 11.9. The molecule has 2 aromatic rings. The number of amides is 1. The number of anilines is 1. The Kier molecular flexibility index (Phi) is 8.38. The van der Waals surface area contributed by atoms with E-state index in [4.69, 9.17) is 4.74 Å². The zero-order valence-electron chi connectivity index (χ0n) is 21.4. The monoisotopic (exact) mass is 489 g/mol. The van der Waals surface area contributed by atoms with Crippen molar-refractivity contribution in [1.29, 1.82) is 0 Å². The fourth-order valence-corrected chi connectivity index (χ4v) is 4.70. The molecule has 8 nitrogen and oxygen atoms in total. The first-order valence-electron chi connectivity index (χ1n) is 12.6. The maximum absolute atomic E-state index is 12.5. The number of nitrogens with zero attached hydrogens (tertiary/aromatic N) is 4. The molecule has 0 atom stereocenters. The molecule has 1 aromatic carbocycles. The van der Waals surface area contributed by atoms with Crippen molar-refractivity contribution in [2.45, 2.75) is 26.7 Å². The number of pyridine rings is 1. The molecule has 36 heavy (non-hydrogen) atoms. The van der Waals surface area contributed by atoms with E-state index in [1.807, 2.05) is 0 Å². The van der Waals surface area contributed by atoms with Gasteiger partial charge in [0.05, 0.1) is 25.0 Å². The van der Waals surface area contributed by atoms with E-state index in [0.29, 0.717) is 18.8 Å². The number of hydrogen-bond acceptors (Lipinski definition) is 6. The van der Waals surface area contributed by atoms with Crippen molar-refractivity contribution in [2.75, 3.05) is 44.3 Å². The molecule has 1 fully saturated rings. The molecule has 0 saturated carbocycles. The lowest BCUT2D eigenvalue weighted by Gasteiger charge is -2.31. The number of aryl methyl sites for hydroxylation is 1. The second-order valence-corrected chi connectivity index (χ2v) is 8.97. The maximum Gasteiger partial charge on any atom is 0.272 e. The molecule has 4 rings (SSSR count). The highest BCUT2D eigenvalue weighted by atomic mass is 16.5. The average Bonchev–Trinajstić information content (AvgIpc) is 3.29. The predicted molar refractivity (Wildman–Crippen MR) is 144 cm³/mol. The van der Waals surface area contributed by atoms with Gasteiger partial charge in [0.2, 0.25) is 5.56 Å². The van der Waals surface area contributed by atoms with E-state index >= 15 is 0 Å². The van der Waals surface area contributed by atoms with Crippen LogP contribution in [0.4, 0.5) is 5.69 Å². The largest absolute Gasteiger partial charge is 0.378 e. The zero-order valence-corrected chi connectivity index (χ0v) is 21.4. The first-order valence-corrected chi connectivity index (χ1v) is 12.6. The molecule has 2 heterocycles. The standard InChI is InChI=1S/C28H35N5O3/c1-4-32(5-2)25-11-6-21(7-12-25)18-22-8-9-23(27(22)33-14-16-36-17-15-33)19-29-30-28(35)24-10-13-26(34)31(3)20-24/h6-7,10-13,18-20H,4-5,8-9,14-17H2,1-3H3,(H,30,35)/b22-18-,29-19+. The van der Waals surface area contributed by atoms with Crippen molar-refractivity contribution in [1.82, 2.24) is 14.9 Å². The summed E-state index contributed by atoms with van der Waals surface area (Å²) >= 11 is 0. The van der Waals surface area contributed by atoms with Crippen molar-refractivity contribution < 1.29 is 9.53 Å². The topological polar surface area (TPSA) is 79.2 Å². The number of ether oxygens (including phenoxy) is 1. The Balaban J connectivity index is 1.55. The van der Waals surface area contributed by atoms with E-state index in [2.05, 4.69) is 64.5 Å². The molecule has 1 aromatic heterocycles. The molecule has 1 aliphatic heterocycles. The van der Waals surface area contributed by atoms with Crippen LogP contribution in [0, 0.1) is 0 Å². The third-order valence-corrected chi connectivity index (χ3v) is 6.70. The molecule has 0 radical (unpaired) electrons. The Morgan fingerprint density at radius 1 is 1.08 bits per heavy atom. The van der Waals surface area contributed by atoms with Crippen molar-refractivity contribution in [2.24, 2.45) is 12.1 Å². The number of benzene rings is 1. The lowest BCUT2D eigenvalue weighted by atomic mass is 10.1. The summed E-state index contributed by atoms with van der Waals surface area (Å²) in [7, 11) is 1.62. The van der Waals surface area contributed by atoms with Gasteiger partial charge in [0, 0.05) is 56.9 Å². The van der Waals surface area contributed by atoms with E-state index in [1.165, 1.54) is 45.4 Å². The number of hydrogen-bond donors (Lipinski definition) is 1. The van der Waals surface area contributed by atoms with Crippen LogP contribution in [0.5, 0.6) is 0 Å². The molecule has 190 valence electrons. The van der Waals surface area contributed by atoms with Gasteiger partial charge in [-0.25, -0.2) is 5.43 Å². The van der Waals surface area contributed by atoms with E-state index < -0.39 is 0 Å². The van der Waals surface area contributed by atoms with Crippen molar-refractivity contribution in [3.8, 4) is 0 Å². The maximum atomic E-state index is 12.5. The normalized spacial score (nSPS) is 17.3. The van der Waals surface area contributed by atoms with Crippen LogP contribution in [0.2, 0.25) is 0 Å². The number of hydrazone groups is 1. The molecule has 0 unspecified atom stereocenters. The highest BCUT2D eigenvalue weighted by Gasteiger charge is 2.25. The summed E-state index contributed by atoms with van der Waals surface area (Å²) in [5.41, 5.74) is 8.80. The Hall–Kier alpha value is -3.65. The minimum atomic E-state index is -0.350. The summed E-state index contributed by atoms with van der Waals surface area (Å²) in [6.45, 7) is 9.37. The highest BCUT2D eigenvalue weighted by molar-refractivity contribution is 5.94. The molecule has 0 spiro atoms. The molecule has 8 heteroatoms. The average molecular weight is 490 g/mol. The fourth-order valence-electron chi connectivity index (χ4n) is 4.70. The van der Waals surface area contributed by atoms with E-state index in [-0.39, 0.29) is 11.5 Å². The second-order valence-electron chi connectivity index (χ2n) is 8.97. The van der Waals surface area contributed by atoms with Gasteiger partial charge in [-0.3, -0.25) is 9.59 Å². The number of carbonyl (C=O) groups excluding carboxylic acids is 1. The van der Waals surface area contributed by atoms with Gasteiger partial charge >= 0.3 is 0 Å². The number of aromatic nitrogens is 1. The molecule has 1 saturated heterocycles. The van der Waals surface area contributed by atoms with Crippen molar-refractivity contribution >= 4 is 23.9 Å². The minimum Gasteiger partial charge on any atom is -0.378 e. The van der Waals surface area contributed by atoms with Crippen LogP contribution in [-0.2, 0) is 11.8 Å². The molecule has 2 aliphatic rings. The zero-order chi connectivity index (χ0) is 25.5. The summed E-state index contributed by atoms with van der Waals surface area (Å²) in [5, 5.41) is 4.26. The smallest absolute Gasteiger partial charge is 0.272 e. The quantitative estimate of drug-likeness (QED) is 0.454. The summed E-state index contributed by atoms with van der Waals surface area (Å²) in [4.78, 5) is 28.8. The third kappa shape index (κ3) is 5.94.